The molecule has 3 aromatic carbocycles. The van der Waals surface area contributed by atoms with Crippen LogP contribution < -0.4 is 0 Å². The lowest BCUT2D eigenvalue weighted by Crippen LogP contribution is -2.29. The topological polar surface area (TPSA) is 40.5 Å². The Hall–Kier alpha value is -2.92. The molecule has 1 atom stereocenters. The van der Waals surface area contributed by atoms with Gasteiger partial charge in [0.05, 0.1) is 6.04 Å². The van der Waals surface area contributed by atoms with Gasteiger partial charge in [-0.05, 0) is 41.0 Å². The number of benzene rings is 3. The lowest BCUT2D eigenvalue weighted by Gasteiger charge is -2.27. The lowest BCUT2D eigenvalue weighted by molar-refractivity contribution is -0.130. The average Bonchev–Trinajstić information content (AvgIpc) is 2.95. The smallest absolute Gasteiger partial charge is 0.290 e. The minimum absolute atomic E-state index is 0.252. The summed E-state index contributed by atoms with van der Waals surface area (Å²) in [6.45, 7) is 0.261. The summed E-state index contributed by atoms with van der Waals surface area (Å²) in [5.74, 6) is -1.02. The van der Waals surface area contributed by atoms with Crippen molar-refractivity contribution in [2.45, 2.75) is 12.6 Å². The Bertz CT molecular complexity index is 1050. The summed E-state index contributed by atoms with van der Waals surface area (Å²) < 4.78 is 14.2. The van der Waals surface area contributed by atoms with Crippen LogP contribution in [0.4, 0.5) is 4.39 Å². The molecule has 1 aliphatic heterocycles. The van der Waals surface area contributed by atoms with Gasteiger partial charge in [-0.1, -0.05) is 70.5 Å². The minimum Gasteiger partial charge on any atom is -0.503 e. The first-order chi connectivity index (χ1) is 13.5. The highest BCUT2D eigenvalue weighted by molar-refractivity contribution is 9.10. The SMILES string of the molecule is O=C1C(O)=C(c2ccccc2)[C@H](c2cccc(Br)c2)N1Cc1ccc(F)cc1. The number of rotatable bonds is 4. The van der Waals surface area contributed by atoms with E-state index < -0.39 is 11.9 Å². The molecule has 0 fully saturated rings. The fourth-order valence-electron chi connectivity index (χ4n) is 3.54. The highest BCUT2D eigenvalue weighted by atomic mass is 79.9. The zero-order chi connectivity index (χ0) is 19.7. The molecule has 1 amide bonds. The molecule has 0 spiro atoms. The van der Waals surface area contributed by atoms with E-state index in [4.69, 9.17) is 0 Å². The van der Waals surface area contributed by atoms with E-state index in [-0.39, 0.29) is 18.1 Å². The molecule has 1 heterocycles. The van der Waals surface area contributed by atoms with Gasteiger partial charge >= 0.3 is 0 Å². The van der Waals surface area contributed by atoms with Crippen LogP contribution in [0.25, 0.3) is 5.57 Å². The highest BCUT2D eigenvalue weighted by Crippen LogP contribution is 2.44. The quantitative estimate of drug-likeness (QED) is 0.573. The Morgan fingerprint density at radius 3 is 2.36 bits per heavy atom. The van der Waals surface area contributed by atoms with Crippen molar-refractivity contribution in [1.29, 1.82) is 0 Å². The Balaban J connectivity index is 1.81. The lowest BCUT2D eigenvalue weighted by atomic mass is 9.93. The van der Waals surface area contributed by atoms with Crippen LogP contribution in [0, 0.1) is 5.82 Å². The Morgan fingerprint density at radius 2 is 1.68 bits per heavy atom. The predicted octanol–water partition coefficient (Wildman–Crippen LogP) is 5.64. The number of hydrogen-bond acceptors (Lipinski definition) is 2. The number of carbonyl (C=O) groups excluding carboxylic acids is 1. The number of aliphatic hydroxyl groups is 1. The molecule has 0 unspecified atom stereocenters. The van der Waals surface area contributed by atoms with E-state index in [1.807, 2.05) is 54.6 Å². The van der Waals surface area contributed by atoms with Crippen molar-refractivity contribution < 1.29 is 14.3 Å². The van der Waals surface area contributed by atoms with Crippen molar-refractivity contribution in [1.82, 2.24) is 4.90 Å². The second kappa shape index (κ2) is 7.60. The van der Waals surface area contributed by atoms with Gasteiger partial charge < -0.3 is 10.0 Å². The molecule has 0 radical (unpaired) electrons. The summed E-state index contributed by atoms with van der Waals surface area (Å²) in [6, 6.07) is 22.7. The van der Waals surface area contributed by atoms with Crippen LogP contribution in [0.2, 0.25) is 0 Å². The van der Waals surface area contributed by atoms with Crippen LogP contribution in [0.5, 0.6) is 0 Å². The standard InChI is InChI=1S/C23H17BrFNO2/c24-18-8-4-7-17(13-18)21-20(16-5-2-1-3-6-16)22(27)23(28)26(21)14-15-9-11-19(25)12-10-15/h1-13,21,27H,14H2/t21-/m0/s1. The first-order valence-electron chi connectivity index (χ1n) is 8.84. The molecule has 5 heteroatoms. The molecular weight excluding hydrogens is 421 g/mol. The van der Waals surface area contributed by atoms with Gasteiger partial charge in [0.25, 0.3) is 5.91 Å². The predicted molar refractivity (Wildman–Crippen MR) is 110 cm³/mol. The molecule has 0 saturated heterocycles. The fourth-order valence-corrected chi connectivity index (χ4v) is 3.96. The molecule has 0 saturated carbocycles. The van der Waals surface area contributed by atoms with Crippen molar-refractivity contribution in [3.63, 3.8) is 0 Å². The monoisotopic (exact) mass is 437 g/mol. The maximum Gasteiger partial charge on any atom is 0.290 e. The van der Waals surface area contributed by atoms with Crippen molar-refractivity contribution in [3.05, 3.63) is 112 Å². The van der Waals surface area contributed by atoms with Crippen LogP contribution in [-0.4, -0.2) is 15.9 Å². The maximum absolute atomic E-state index is 13.3. The average molecular weight is 438 g/mol. The van der Waals surface area contributed by atoms with Crippen LogP contribution in [-0.2, 0) is 11.3 Å². The molecular formula is C23H17BrFNO2. The number of halogens is 2. The first kappa shape index (κ1) is 18.4. The van der Waals surface area contributed by atoms with E-state index in [2.05, 4.69) is 15.9 Å². The second-order valence-corrected chi connectivity index (χ2v) is 7.56. The summed E-state index contributed by atoms with van der Waals surface area (Å²) in [7, 11) is 0. The number of aliphatic hydroxyl groups excluding tert-OH is 1. The van der Waals surface area contributed by atoms with Gasteiger partial charge in [-0.25, -0.2) is 4.39 Å². The number of hydrogen-bond donors (Lipinski definition) is 1. The third-order valence-electron chi connectivity index (χ3n) is 4.82. The maximum atomic E-state index is 13.3. The molecule has 0 aromatic heterocycles. The van der Waals surface area contributed by atoms with E-state index in [0.717, 1.165) is 21.2 Å². The molecule has 1 N–H and O–H groups in total. The molecule has 3 nitrogen and oxygen atoms in total. The molecule has 0 bridgehead atoms. The zero-order valence-corrected chi connectivity index (χ0v) is 16.4. The summed E-state index contributed by atoms with van der Waals surface area (Å²) >= 11 is 3.49. The van der Waals surface area contributed by atoms with Gasteiger partial charge in [0.1, 0.15) is 5.82 Å². The number of nitrogens with zero attached hydrogens (tertiary/aromatic N) is 1. The number of amides is 1. The van der Waals surface area contributed by atoms with Gasteiger partial charge in [-0.2, -0.15) is 0 Å². The third-order valence-corrected chi connectivity index (χ3v) is 5.31. The van der Waals surface area contributed by atoms with E-state index >= 15 is 0 Å². The summed E-state index contributed by atoms with van der Waals surface area (Å²) in [4.78, 5) is 14.6. The van der Waals surface area contributed by atoms with E-state index in [9.17, 15) is 14.3 Å². The summed E-state index contributed by atoms with van der Waals surface area (Å²) in [5, 5.41) is 10.7. The first-order valence-corrected chi connectivity index (χ1v) is 9.63. The largest absolute Gasteiger partial charge is 0.503 e. The molecule has 3 aromatic rings. The normalized spacial score (nSPS) is 16.7. The number of carbonyl (C=O) groups is 1. The summed E-state index contributed by atoms with van der Waals surface area (Å²) in [5.41, 5.74) is 3.04. The van der Waals surface area contributed by atoms with Crippen molar-refractivity contribution in [2.24, 2.45) is 0 Å². The molecule has 140 valence electrons. The third kappa shape index (κ3) is 3.45. The molecule has 28 heavy (non-hydrogen) atoms. The Kier molecular flexibility index (Phi) is 5.01. The zero-order valence-electron chi connectivity index (χ0n) is 14.8. The fraction of sp³-hybridized carbons (Fsp3) is 0.0870. The van der Waals surface area contributed by atoms with Crippen molar-refractivity contribution in [2.75, 3.05) is 0 Å². The van der Waals surface area contributed by atoms with Gasteiger partial charge in [0.2, 0.25) is 0 Å². The Morgan fingerprint density at radius 1 is 0.964 bits per heavy atom. The minimum atomic E-state index is -0.447. The van der Waals surface area contributed by atoms with Crippen LogP contribution in [0.1, 0.15) is 22.7 Å². The van der Waals surface area contributed by atoms with Gasteiger partial charge in [0, 0.05) is 16.6 Å². The second-order valence-electron chi connectivity index (χ2n) is 6.65. The van der Waals surface area contributed by atoms with Crippen LogP contribution in [0.3, 0.4) is 0 Å². The Labute approximate surface area is 170 Å². The van der Waals surface area contributed by atoms with E-state index in [0.29, 0.717) is 5.57 Å². The van der Waals surface area contributed by atoms with Crippen LogP contribution >= 0.6 is 15.9 Å². The van der Waals surface area contributed by atoms with Crippen molar-refractivity contribution in [3.8, 4) is 0 Å². The van der Waals surface area contributed by atoms with E-state index in [1.165, 1.54) is 12.1 Å². The molecule has 0 aliphatic carbocycles. The summed E-state index contributed by atoms with van der Waals surface area (Å²) in [6.07, 6.45) is 0. The van der Waals surface area contributed by atoms with Gasteiger partial charge in [-0.15, -0.1) is 0 Å². The molecule has 1 aliphatic rings. The highest BCUT2D eigenvalue weighted by Gasteiger charge is 2.40. The molecule has 4 rings (SSSR count). The van der Waals surface area contributed by atoms with Gasteiger partial charge in [-0.3, -0.25) is 4.79 Å². The van der Waals surface area contributed by atoms with Crippen molar-refractivity contribution >= 4 is 27.4 Å². The van der Waals surface area contributed by atoms with Crippen LogP contribution in [0.15, 0.2) is 89.1 Å². The van der Waals surface area contributed by atoms with E-state index in [1.54, 1.807) is 17.0 Å². The van der Waals surface area contributed by atoms with Gasteiger partial charge in [0.15, 0.2) is 5.76 Å².